The summed E-state index contributed by atoms with van der Waals surface area (Å²) in [7, 11) is 0. The van der Waals surface area contributed by atoms with Gasteiger partial charge in [0, 0.05) is 12.1 Å². The monoisotopic (exact) mass is 224 g/mol. The van der Waals surface area contributed by atoms with E-state index >= 15 is 0 Å². The van der Waals surface area contributed by atoms with Crippen LogP contribution in [0, 0.1) is 0 Å². The van der Waals surface area contributed by atoms with E-state index in [9.17, 15) is 0 Å². The van der Waals surface area contributed by atoms with Gasteiger partial charge >= 0.3 is 0 Å². The second-order valence-corrected chi connectivity index (χ2v) is 5.48. The van der Waals surface area contributed by atoms with Crippen LogP contribution >= 0.6 is 0 Å². The van der Waals surface area contributed by atoms with Crippen molar-refractivity contribution in [2.75, 3.05) is 19.6 Å². The van der Waals surface area contributed by atoms with E-state index in [4.69, 9.17) is 0 Å². The van der Waals surface area contributed by atoms with Crippen LogP contribution in [-0.2, 0) is 0 Å². The van der Waals surface area contributed by atoms with Gasteiger partial charge in [-0.15, -0.1) is 0 Å². The molecule has 2 heterocycles. The molecule has 2 unspecified atom stereocenters. The van der Waals surface area contributed by atoms with Crippen molar-refractivity contribution in [3.63, 3.8) is 0 Å². The number of likely N-dealkylation sites (tertiary alicyclic amines) is 1. The van der Waals surface area contributed by atoms with E-state index in [1.165, 1.54) is 71.0 Å². The normalized spacial score (nSPS) is 34.3. The van der Waals surface area contributed by atoms with Crippen molar-refractivity contribution >= 4 is 0 Å². The summed E-state index contributed by atoms with van der Waals surface area (Å²) < 4.78 is 0. The van der Waals surface area contributed by atoms with Gasteiger partial charge in [-0.3, -0.25) is 4.90 Å². The van der Waals surface area contributed by atoms with Crippen molar-refractivity contribution < 1.29 is 0 Å². The van der Waals surface area contributed by atoms with Crippen molar-refractivity contribution in [2.24, 2.45) is 0 Å². The number of hydrogen-bond acceptors (Lipinski definition) is 2. The fourth-order valence-electron chi connectivity index (χ4n) is 3.45. The van der Waals surface area contributed by atoms with E-state index < -0.39 is 0 Å². The van der Waals surface area contributed by atoms with Crippen LogP contribution in [0.3, 0.4) is 0 Å². The second-order valence-electron chi connectivity index (χ2n) is 5.48. The van der Waals surface area contributed by atoms with E-state index in [0.29, 0.717) is 0 Å². The third-order valence-electron chi connectivity index (χ3n) is 4.41. The minimum Gasteiger partial charge on any atom is -0.317 e. The highest BCUT2D eigenvalue weighted by Gasteiger charge is 2.26. The molecule has 2 fully saturated rings. The maximum absolute atomic E-state index is 3.54. The summed E-state index contributed by atoms with van der Waals surface area (Å²) >= 11 is 0. The summed E-state index contributed by atoms with van der Waals surface area (Å²) in [5.74, 6) is 0. The lowest BCUT2D eigenvalue weighted by Gasteiger charge is -2.36. The molecule has 2 nitrogen and oxygen atoms in total. The van der Waals surface area contributed by atoms with E-state index in [1.54, 1.807) is 0 Å². The zero-order valence-corrected chi connectivity index (χ0v) is 10.9. The Morgan fingerprint density at radius 1 is 1.00 bits per heavy atom. The van der Waals surface area contributed by atoms with Crippen LogP contribution in [0.4, 0.5) is 0 Å². The van der Waals surface area contributed by atoms with Crippen LogP contribution in [0.2, 0.25) is 0 Å². The van der Waals surface area contributed by atoms with E-state index in [2.05, 4.69) is 17.1 Å². The zero-order valence-electron chi connectivity index (χ0n) is 10.9. The van der Waals surface area contributed by atoms with Gasteiger partial charge < -0.3 is 5.32 Å². The first-order valence-electron chi connectivity index (χ1n) is 7.38. The minimum absolute atomic E-state index is 0.873. The molecule has 0 aromatic rings. The standard InChI is InChI=1S/C14H28N2/c1-2-13-7-4-3-5-12-16(13)14-8-6-10-15-11-9-14/h13-15H,2-12H2,1H3. The summed E-state index contributed by atoms with van der Waals surface area (Å²) in [4.78, 5) is 2.86. The Morgan fingerprint density at radius 3 is 2.81 bits per heavy atom. The van der Waals surface area contributed by atoms with Crippen LogP contribution in [0.25, 0.3) is 0 Å². The third-order valence-corrected chi connectivity index (χ3v) is 4.41. The van der Waals surface area contributed by atoms with E-state index in [-0.39, 0.29) is 0 Å². The van der Waals surface area contributed by atoms with Gasteiger partial charge in [0.25, 0.3) is 0 Å². The van der Waals surface area contributed by atoms with E-state index in [0.717, 1.165) is 12.1 Å². The van der Waals surface area contributed by atoms with Gasteiger partial charge in [-0.2, -0.15) is 0 Å². The molecule has 0 saturated carbocycles. The maximum atomic E-state index is 3.54. The highest BCUT2D eigenvalue weighted by Crippen LogP contribution is 2.25. The highest BCUT2D eigenvalue weighted by atomic mass is 15.2. The Kier molecular flexibility index (Phi) is 5.11. The quantitative estimate of drug-likeness (QED) is 0.776. The molecule has 2 heteroatoms. The molecule has 0 aromatic heterocycles. The molecule has 94 valence electrons. The zero-order chi connectivity index (χ0) is 11.2. The Hall–Kier alpha value is -0.0800. The second kappa shape index (κ2) is 6.61. The maximum Gasteiger partial charge on any atom is 0.0111 e. The van der Waals surface area contributed by atoms with Crippen molar-refractivity contribution in [3.05, 3.63) is 0 Å². The lowest BCUT2D eigenvalue weighted by Crippen LogP contribution is -2.43. The largest absolute Gasteiger partial charge is 0.317 e. The van der Waals surface area contributed by atoms with Crippen molar-refractivity contribution in [1.29, 1.82) is 0 Å². The Labute approximate surface area is 101 Å². The number of rotatable bonds is 2. The van der Waals surface area contributed by atoms with Crippen LogP contribution in [0.1, 0.15) is 58.3 Å². The highest BCUT2D eigenvalue weighted by molar-refractivity contribution is 4.83. The SMILES string of the molecule is CCC1CCCCCN1C1CCCNCC1. The average Bonchev–Trinajstić information content (AvgIpc) is 2.70. The number of nitrogens with one attached hydrogen (secondary N) is 1. The first-order chi connectivity index (χ1) is 7.92. The van der Waals surface area contributed by atoms with Gasteiger partial charge in [0.2, 0.25) is 0 Å². The predicted octanol–water partition coefficient (Wildman–Crippen LogP) is 2.78. The molecule has 0 aromatic carbocycles. The Morgan fingerprint density at radius 2 is 1.94 bits per heavy atom. The van der Waals surface area contributed by atoms with Crippen LogP contribution < -0.4 is 5.32 Å². The molecule has 2 aliphatic heterocycles. The van der Waals surface area contributed by atoms with Gasteiger partial charge in [-0.1, -0.05) is 19.8 Å². The van der Waals surface area contributed by atoms with Gasteiger partial charge in [-0.05, 0) is 58.2 Å². The van der Waals surface area contributed by atoms with Crippen LogP contribution in [0.5, 0.6) is 0 Å². The van der Waals surface area contributed by atoms with Gasteiger partial charge in [0.15, 0.2) is 0 Å². The molecular weight excluding hydrogens is 196 g/mol. The molecule has 0 amide bonds. The molecule has 1 N–H and O–H groups in total. The smallest absolute Gasteiger partial charge is 0.0111 e. The first-order valence-corrected chi connectivity index (χ1v) is 7.38. The summed E-state index contributed by atoms with van der Waals surface area (Å²) in [5, 5.41) is 3.54. The molecule has 2 aliphatic rings. The van der Waals surface area contributed by atoms with Gasteiger partial charge in [0.1, 0.15) is 0 Å². The summed E-state index contributed by atoms with van der Waals surface area (Å²) in [6.45, 7) is 6.21. The molecule has 16 heavy (non-hydrogen) atoms. The van der Waals surface area contributed by atoms with Crippen molar-refractivity contribution in [3.8, 4) is 0 Å². The van der Waals surface area contributed by atoms with Crippen LogP contribution in [-0.4, -0.2) is 36.6 Å². The van der Waals surface area contributed by atoms with Crippen molar-refractivity contribution in [1.82, 2.24) is 10.2 Å². The molecule has 0 radical (unpaired) electrons. The average molecular weight is 224 g/mol. The molecular formula is C14H28N2. The number of nitrogens with zero attached hydrogens (tertiary/aromatic N) is 1. The summed E-state index contributed by atoms with van der Waals surface area (Å²) in [6, 6.07) is 1.75. The Bertz CT molecular complexity index is 185. The lowest BCUT2D eigenvalue weighted by atomic mass is 10.0. The molecule has 2 atom stereocenters. The number of hydrogen-bond donors (Lipinski definition) is 1. The first kappa shape index (κ1) is 12.4. The molecule has 0 aliphatic carbocycles. The fraction of sp³-hybridized carbons (Fsp3) is 1.00. The van der Waals surface area contributed by atoms with E-state index in [1.807, 2.05) is 0 Å². The Balaban J connectivity index is 1.96. The van der Waals surface area contributed by atoms with Crippen molar-refractivity contribution in [2.45, 2.75) is 70.4 Å². The molecule has 2 saturated heterocycles. The van der Waals surface area contributed by atoms with Gasteiger partial charge in [0.05, 0.1) is 0 Å². The summed E-state index contributed by atoms with van der Waals surface area (Å²) in [6.07, 6.45) is 11.3. The fourth-order valence-corrected chi connectivity index (χ4v) is 3.45. The molecule has 2 rings (SSSR count). The molecule has 0 spiro atoms. The summed E-state index contributed by atoms with van der Waals surface area (Å²) in [5.41, 5.74) is 0. The topological polar surface area (TPSA) is 15.3 Å². The lowest BCUT2D eigenvalue weighted by molar-refractivity contribution is 0.122. The molecule has 0 bridgehead atoms. The third kappa shape index (κ3) is 3.21. The van der Waals surface area contributed by atoms with Crippen LogP contribution in [0.15, 0.2) is 0 Å². The minimum atomic E-state index is 0.873. The predicted molar refractivity (Wildman–Crippen MR) is 69.8 cm³/mol. The van der Waals surface area contributed by atoms with Gasteiger partial charge in [-0.25, -0.2) is 0 Å².